The number of amides is 1. The van der Waals surface area contributed by atoms with Crippen LogP contribution < -0.4 is 15.8 Å². The predicted molar refractivity (Wildman–Crippen MR) is 70.0 cm³/mol. The van der Waals surface area contributed by atoms with E-state index in [-0.39, 0.29) is 34.2 Å². The molecule has 0 radical (unpaired) electrons. The van der Waals surface area contributed by atoms with Gasteiger partial charge in [-0.15, -0.1) is 0 Å². The molecule has 1 aliphatic rings. The summed E-state index contributed by atoms with van der Waals surface area (Å²) in [6, 6.07) is 1.05. The molecule has 1 aliphatic heterocycles. The van der Waals surface area contributed by atoms with Gasteiger partial charge in [-0.05, 0) is 12.5 Å². The number of halogens is 1. The van der Waals surface area contributed by atoms with Crippen LogP contribution in [0.4, 0.5) is 5.82 Å². The third-order valence-corrected chi connectivity index (χ3v) is 4.45. The van der Waals surface area contributed by atoms with Crippen LogP contribution in [-0.2, 0) is 14.8 Å². The molecule has 4 N–H and O–H groups in total. The van der Waals surface area contributed by atoms with Crippen LogP contribution >= 0.6 is 11.6 Å². The number of pyridine rings is 1. The Morgan fingerprint density at radius 1 is 1.58 bits per heavy atom. The maximum Gasteiger partial charge on any atom is 0.242 e. The molecule has 1 atom stereocenters. The minimum atomic E-state index is -3.71. The number of hydrogen-bond donors (Lipinski definition) is 3. The summed E-state index contributed by atoms with van der Waals surface area (Å²) < 4.78 is 26.3. The number of carbonyl (C=O) groups excluding carboxylic acids is 1. The fraction of sp³-hybridized carbons (Fsp3) is 0.400. The highest BCUT2D eigenvalue weighted by atomic mass is 35.5. The highest BCUT2D eigenvalue weighted by molar-refractivity contribution is 7.89. The van der Waals surface area contributed by atoms with Crippen LogP contribution in [0.3, 0.4) is 0 Å². The summed E-state index contributed by atoms with van der Waals surface area (Å²) in [6.07, 6.45) is 2.17. The molecule has 0 bridgehead atoms. The van der Waals surface area contributed by atoms with Gasteiger partial charge in [0.15, 0.2) is 0 Å². The zero-order valence-electron chi connectivity index (χ0n) is 9.89. The number of hydrogen-bond acceptors (Lipinski definition) is 5. The standard InChI is InChI=1S/C10H13ClN4O3S/c11-8-3-7(5-13-10(8)12)19(17,18)14-4-6-1-2-9(16)15-6/h3,5-6,14H,1-2,4H2,(H2,12,13)(H,15,16). The summed E-state index contributed by atoms with van der Waals surface area (Å²) in [7, 11) is -3.71. The van der Waals surface area contributed by atoms with Gasteiger partial charge in [0.05, 0.1) is 5.02 Å². The van der Waals surface area contributed by atoms with Gasteiger partial charge in [0.1, 0.15) is 10.7 Å². The zero-order valence-corrected chi connectivity index (χ0v) is 11.5. The van der Waals surface area contributed by atoms with Crippen molar-refractivity contribution in [3.63, 3.8) is 0 Å². The number of nitrogens with zero attached hydrogens (tertiary/aromatic N) is 1. The number of sulfonamides is 1. The van der Waals surface area contributed by atoms with Crippen molar-refractivity contribution >= 4 is 33.3 Å². The summed E-state index contributed by atoms with van der Waals surface area (Å²) in [4.78, 5) is 14.6. The summed E-state index contributed by atoms with van der Waals surface area (Å²) in [5.41, 5.74) is 5.41. The predicted octanol–water partition coefficient (Wildman–Crippen LogP) is -0.126. The van der Waals surface area contributed by atoms with Crippen LogP contribution in [0, 0.1) is 0 Å². The second kappa shape index (κ2) is 5.32. The van der Waals surface area contributed by atoms with Crippen LogP contribution in [0.2, 0.25) is 5.02 Å². The van der Waals surface area contributed by atoms with Crippen molar-refractivity contribution < 1.29 is 13.2 Å². The molecule has 0 saturated carbocycles. The number of nitrogens with two attached hydrogens (primary N) is 1. The smallest absolute Gasteiger partial charge is 0.242 e. The van der Waals surface area contributed by atoms with Crippen molar-refractivity contribution in [2.75, 3.05) is 12.3 Å². The minimum absolute atomic E-state index is 0.0592. The Hall–Kier alpha value is -1.38. The van der Waals surface area contributed by atoms with E-state index in [4.69, 9.17) is 17.3 Å². The molecule has 1 saturated heterocycles. The Morgan fingerprint density at radius 3 is 2.89 bits per heavy atom. The van der Waals surface area contributed by atoms with Crippen molar-refractivity contribution in [1.82, 2.24) is 15.0 Å². The lowest BCUT2D eigenvalue weighted by Gasteiger charge is -2.12. The van der Waals surface area contributed by atoms with Gasteiger partial charge in [-0.1, -0.05) is 11.6 Å². The summed E-state index contributed by atoms with van der Waals surface area (Å²) in [5, 5.41) is 2.75. The van der Waals surface area contributed by atoms with Gasteiger partial charge in [-0.3, -0.25) is 4.79 Å². The molecule has 0 spiro atoms. The third-order valence-electron chi connectivity index (χ3n) is 2.76. The second-order valence-electron chi connectivity index (χ2n) is 4.19. The molecule has 1 fully saturated rings. The van der Waals surface area contributed by atoms with E-state index < -0.39 is 10.0 Å². The lowest BCUT2D eigenvalue weighted by atomic mass is 10.2. The van der Waals surface area contributed by atoms with Gasteiger partial charge in [0.25, 0.3) is 0 Å². The van der Waals surface area contributed by atoms with Crippen LogP contribution in [0.5, 0.6) is 0 Å². The number of nitrogens with one attached hydrogen (secondary N) is 2. The van der Waals surface area contributed by atoms with Gasteiger partial charge >= 0.3 is 0 Å². The van der Waals surface area contributed by atoms with E-state index in [2.05, 4.69) is 15.0 Å². The van der Waals surface area contributed by atoms with Gasteiger partial charge < -0.3 is 11.1 Å². The summed E-state index contributed by atoms with van der Waals surface area (Å²) in [6.45, 7) is 0.135. The van der Waals surface area contributed by atoms with Crippen LogP contribution in [0.1, 0.15) is 12.8 Å². The Kier molecular flexibility index (Phi) is 3.93. The number of nitrogen functional groups attached to an aromatic ring is 1. The first kappa shape index (κ1) is 14.0. The molecule has 1 aromatic rings. The number of rotatable bonds is 4. The SMILES string of the molecule is Nc1ncc(S(=O)(=O)NCC2CCC(=O)N2)cc1Cl. The van der Waals surface area contributed by atoms with Crippen molar-refractivity contribution in [1.29, 1.82) is 0 Å². The van der Waals surface area contributed by atoms with Crippen LogP contribution in [-0.4, -0.2) is 31.9 Å². The van der Waals surface area contributed by atoms with E-state index >= 15 is 0 Å². The molecule has 9 heteroatoms. The van der Waals surface area contributed by atoms with Crippen molar-refractivity contribution in [3.05, 3.63) is 17.3 Å². The second-order valence-corrected chi connectivity index (χ2v) is 6.37. The molecule has 2 rings (SSSR count). The van der Waals surface area contributed by atoms with Crippen molar-refractivity contribution in [2.24, 2.45) is 0 Å². The topological polar surface area (TPSA) is 114 Å². The lowest BCUT2D eigenvalue weighted by molar-refractivity contribution is -0.119. The number of carbonyl (C=O) groups is 1. The Bertz CT molecular complexity index is 605. The Balaban J connectivity index is 2.05. The molecular weight excluding hydrogens is 292 g/mol. The molecule has 0 aromatic carbocycles. The first-order valence-electron chi connectivity index (χ1n) is 5.58. The molecule has 19 heavy (non-hydrogen) atoms. The average molecular weight is 305 g/mol. The third kappa shape index (κ3) is 3.34. The highest BCUT2D eigenvalue weighted by Gasteiger charge is 2.23. The Labute approximate surface area is 115 Å². The molecular formula is C10H13ClN4O3S. The van der Waals surface area contributed by atoms with E-state index in [9.17, 15) is 13.2 Å². The minimum Gasteiger partial charge on any atom is -0.382 e. The van der Waals surface area contributed by atoms with Crippen LogP contribution in [0.15, 0.2) is 17.2 Å². The summed E-state index contributed by atoms with van der Waals surface area (Å²) in [5.74, 6) is 0.00469. The maximum atomic E-state index is 12.0. The van der Waals surface area contributed by atoms with Crippen LogP contribution in [0.25, 0.3) is 0 Å². The number of anilines is 1. The fourth-order valence-corrected chi connectivity index (χ4v) is 2.98. The van der Waals surface area contributed by atoms with E-state index in [1.807, 2.05) is 0 Å². The monoisotopic (exact) mass is 304 g/mol. The fourth-order valence-electron chi connectivity index (χ4n) is 1.70. The molecule has 104 valence electrons. The molecule has 1 amide bonds. The van der Waals surface area contributed by atoms with Gasteiger partial charge in [-0.25, -0.2) is 18.1 Å². The van der Waals surface area contributed by atoms with Gasteiger partial charge in [0.2, 0.25) is 15.9 Å². The maximum absolute atomic E-state index is 12.0. The van der Waals surface area contributed by atoms with E-state index in [1.54, 1.807) is 0 Å². The van der Waals surface area contributed by atoms with Gasteiger partial charge in [0, 0.05) is 25.2 Å². The Morgan fingerprint density at radius 2 is 2.32 bits per heavy atom. The lowest BCUT2D eigenvalue weighted by Crippen LogP contribution is -2.38. The van der Waals surface area contributed by atoms with E-state index in [0.717, 1.165) is 6.20 Å². The largest absolute Gasteiger partial charge is 0.382 e. The van der Waals surface area contributed by atoms with Crippen molar-refractivity contribution in [3.8, 4) is 0 Å². The molecule has 2 heterocycles. The van der Waals surface area contributed by atoms with Crippen molar-refractivity contribution in [2.45, 2.75) is 23.8 Å². The normalized spacial score (nSPS) is 19.4. The van der Waals surface area contributed by atoms with E-state index in [0.29, 0.717) is 12.8 Å². The van der Waals surface area contributed by atoms with E-state index in [1.165, 1.54) is 6.07 Å². The highest BCUT2D eigenvalue weighted by Crippen LogP contribution is 2.19. The average Bonchev–Trinajstić information content (AvgIpc) is 2.76. The zero-order chi connectivity index (χ0) is 14.0. The molecule has 0 aliphatic carbocycles. The molecule has 7 nitrogen and oxygen atoms in total. The summed E-state index contributed by atoms with van der Waals surface area (Å²) >= 11 is 5.73. The molecule has 1 unspecified atom stereocenters. The van der Waals surface area contributed by atoms with Gasteiger partial charge in [-0.2, -0.15) is 0 Å². The first-order chi connectivity index (χ1) is 8.88. The quantitative estimate of drug-likeness (QED) is 0.717. The molecule has 1 aromatic heterocycles. The first-order valence-corrected chi connectivity index (χ1v) is 7.44. The number of aromatic nitrogens is 1.